The first-order valence-corrected chi connectivity index (χ1v) is 7.00. The fraction of sp³-hybridized carbons (Fsp3) is 0.750. The predicted octanol–water partition coefficient (Wildman–Crippen LogP) is 2.66. The van der Waals surface area contributed by atoms with Gasteiger partial charge in [-0.05, 0) is 63.7 Å². The van der Waals surface area contributed by atoms with E-state index in [1.807, 2.05) is 0 Å². The van der Waals surface area contributed by atoms with Gasteiger partial charge in [-0.2, -0.15) is 15.0 Å². The molecule has 0 unspecified atom stereocenters. The molecule has 1 fully saturated rings. The molecule has 0 radical (unpaired) electrons. The van der Waals surface area contributed by atoms with Crippen LogP contribution in [0.4, 0.5) is 5.95 Å². The summed E-state index contributed by atoms with van der Waals surface area (Å²) >= 11 is 11.8. The van der Waals surface area contributed by atoms with E-state index in [4.69, 9.17) is 28.9 Å². The minimum Gasteiger partial charge on any atom is -0.330 e. The highest BCUT2D eigenvalue weighted by molar-refractivity contribution is 6.31. The Bertz CT molecular complexity index is 451. The quantitative estimate of drug-likeness (QED) is 0.864. The summed E-state index contributed by atoms with van der Waals surface area (Å²) in [6, 6.07) is 0.161. The van der Waals surface area contributed by atoms with Crippen molar-refractivity contribution in [2.75, 3.05) is 4.90 Å². The van der Waals surface area contributed by atoms with Gasteiger partial charge in [-0.3, -0.25) is 0 Å². The maximum absolute atomic E-state index is 6.15. The smallest absolute Gasteiger partial charge is 0.231 e. The average Bonchev–Trinajstić information content (AvgIpc) is 2.09. The average molecular weight is 304 g/mol. The third-order valence-electron chi connectivity index (χ3n) is 3.50. The molecule has 1 aliphatic rings. The second-order valence-electron chi connectivity index (χ2n) is 6.30. The SMILES string of the molecule is CC1(C)CC(N)CC(C)(C)N1c1nc(Cl)nc(Cl)n1. The normalized spacial score (nSPS) is 22.6. The van der Waals surface area contributed by atoms with Gasteiger partial charge in [-0.25, -0.2) is 0 Å². The molecule has 0 saturated carbocycles. The molecule has 1 aromatic heterocycles. The van der Waals surface area contributed by atoms with Crippen LogP contribution in [0.5, 0.6) is 0 Å². The minimum absolute atomic E-state index is 0.108. The summed E-state index contributed by atoms with van der Waals surface area (Å²) in [5.41, 5.74) is 5.81. The van der Waals surface area contributed by atoms with E-state index in [2.05, 4.69) is 47.5 Å². The fourth-order valence-electron chi connectivity index (χ4n) is 3.31. The molecule has 1 aromatic rings. The van der Waals surface area contributed by atoms with Crippen molar-refractivity contribution < 1.29 is 0 Å². The maximum atomic E-state index is 6.15. The lowest BCUT2D eigenvalue weighted by atomic mass is 9.77. The number of anilines is 1. The van der Waals surface area contributed by atoms with E-state index in [1.54, 1.807) is 0 Å². The number of nitrogens with two attached hydrogens (primary N) is 1. The van der Waals surface area contributed by atoms with E-state index in [0.717, 1.165) is 12.8 Å². The van der Waals surface area contributed by atoms with Gasteiger partial charge >= 0.3 is 0 Å². The number of rotatable bonds is 1. The van der Waals surface area contributed by atoms with Crippen LogP contribution in [0.1, 0.15) is 40.5 Å². The van der Waals surface area contributed by atoms with E-state index in [1.165, 1.54) is 0 Å². The molecule has 7 heteroatoms. The first kappa shape index (κ1) is 14.8. The van der Waals surface area contributed by atoms with Crippen molar-refractivity contribution in [2.45, 2.75) is 57.7 Å². The highest BCUT2D eigenvalue weighted by Crippen LogP contribution is 2.40. The van der Waals surface area contributed by atoms with Gasteiger partial charge in [0.25, 0.3) is 0 Å². The Hall–Kier alpha value is -0.650. The molecule has 19 heavy (non-hydrogen) atoms. The molecule has 1 aliphatic heterocycles. The molecule has 1 saturated heterocycles. The van der Waals surface area contributed by atoms with E-state index in [-0.39, 0.29) is 27.7 Å². The molecule has 2 rings (SSSR count). The summed E-state index contributed by atoms with van der Waals surface area (Å²) in [4.78, 5) is 14.4. The Morgan fingerprint density at radius 1 is 1.00 bits per heavy atom. The minimum atomic E-state index is -0.171. The lowest BCUT2D eigenvalue weighted by Crippen LogP contribution is -2.64. The first-order valence-electron chi connectivity index (χ1n) is 6.25. The van der Waals surface area contributed by atoms with Crippen molar-refractivity contribution in [1.82, 2.24) is 15.0 Å². The van der Waals surface area contributed by atoms with Crippen LogP contribution >= 0.6 is 23.2 Å². The molecular formula is C12H19Cl2N5. The van der Waals surface area contributed by atoms with Crippen molar-refractivity contribution in [3.05, 3.63) is 10.6 Å². The van der Waals surface area contributed by atoms with Gasteiger partial charge < -0.3 is 10.6 Å². The predicted molar refractivity (Wildman–Crippen MR) is 77.7 cm³/mol. The van der Waals surface area contributed by atoms with Crippen molar-refractivity contribution in [1.29, 1.82) is 0 Å². The Balaban J connectivity index is 2.50. The number of aromatic nitrogens is 3. The maximum Gasteiger partial charge on any atom is 0.231 e. The van der Waals surface area contributed by atoms with Crippen LogP contribution < -0.4 is 10.6 Å². The number of halogens is 2. The molecule has 2 N–H and O–H groups in total. The fourth-order valence-corrected chi connectivity index (χ4v) is 3.67. The second kappa shape index (κ2) is 4.72. The number of hydrogen-bond acceptors (Lipinski definition) is 5. The first-order chi connectivity index (χ1) is 8.62. The summed E-state index contributed by atoms with van der Waals surface area (Å²) in [7, 11) is 0. The van der Waals surface area contributed by atoms with Crippen LogP contribution in [0.3, 0.4) is 0 Å². The summed E-state index contributed by atoms with van der Waals surface area (Å²) in [5, 5.41) is 0.216. The van der Waals surface area contributed by atoms with E-state index in [9.17, 15) is 0 Å². The van der Waals surface area contributed by atoms with Crippen LogP contribution in [0.25, 0.3) is 0 Å². The summed E-state index contributed by atoms with van der Waals surface area (Å²) in [6.45, 7) is 8.50. The van der Waals surface area contributed by atoms with Crippen molar-refractivity contribution in [2.24, 2.45) is 5.73 Å². The lowest BCUT2D eigenvalue weighted by Gasteiger charge is -2.54. The highest BCUT2D eigenvalue weighted by atomic mass is 35.5. The van der Waals surface area contributed by atoms with Crippen LogP contribution in [-0.4, -0.2) is 32.1 Å². The Labute approximate surface area is 123 Å². The molecular weight excluding hydrogens is 285 g/mol. The monoisotopic (exact) mass is 303 g/mol. The molecule has 0 aromatic carbocycles. The van der Waals surface area contributed by atoms with Gasteiger partial charge in [-0.1, -0.05) is 0 Å². The number of piperidine rings is 1. The third kappa shape index (κ3) is 2.93. The molecule has 0 bridgehead atoms. The number of nitrogens with zero attached hydrogens (tertiary/aromatic N) is 4. The molecule has 0 aliphatic carbocycles. The Morgan fingerprint density at radius 2 is 1.42 bits per heavy atom. The van der Waals surface area contributed by atoms with Gasteiger partial charge in [-0.15, -0.1) is 0 Å². The summed E-state index contributed by atoms with van der Waals surface area (Å²) in [6.07, 6.45) is 1.72. The Morgan fingerprint density at radius 3 is 1.84 bits per heavy atom. The topological polar surface area (TPSA) is 67.9 Å². The van der Waals surface area contributed by atoms with E-state index < -0.39 is 0 Å². The van der Waals surface area contributed by atoms with Crippen molar-refractivity contribution in [3.63, 3.8) is 0 Å². The standard InChI is InChI=1S/C12H19Cl2N5/c1-11(2)5-7(15)6-12(3,4)19(11)10-17-8(13)16-9(14)18-10/h7H,5-6,15H2,1-4H3. The zero-order valence-corrected chi connectivity index (χ0v) is 13.1. The zero-order valence-electron chi connectivity index (χ0n) is 11.6. The van der Waals surface area contributed by atoms with Crippen molar-refractivity contribution in [3.8, 4) is 0 Å². The summed E-state index contributed by atoms with van der Waals surface area (Å²) in [5.74, 6) is 0.506. The molecule has 2 heterocycles. The number of hydrogen-bond donors (Lipinski definition) is 1. The van der Waals surface area contributed by atoms with Crippen LogP contribution in [0.2, 0.25) is 10.6 Å². The van der Waals surface area contributed by atoms with Crippen LogP contribution in [0.15, 0.2) is 0 Å². The largest absolute Gasteiger partial charge is 0.330 e. The highest BCUT2D eigenvalue weighted by Gasteiger charge is 2.45. The van der Waals surface area contributed by atoms with E-state index >= 15 is 0 Å². The molecule has 0 amide bonds. The molecule has 0 spiro atoms. The van der Waals surface area contributed by atoms with Gasteiger partial charge in [0.15, 0.2) is 0 Å². The van der Waals surface area contributed by atoms with Crippen molar-refractivity contribution >= 4 is 29.2 Å². The third-order valence-corrected chi connectivity index (χ3v) is 3.84. The zero-order chi connectivity index (χ0) is 14.4. The van der Waals surface area contributed by atoms with Crippen LogP contribution in [0, 0.1) is 0 Å². The van der Waals surface area contributed by atoms with Gasteiger partial charge in [0.05, 0.1) is 0 Å². The molecule has 0 atom stereocenters. The van der Waals surface area contributed by atoms with E-state index in [0.29, 0.717) is 5.95 Å². The van der Waals surface area contributed by atoms with Crippen LogP contribution in [-0.2, 0) is 0 Å². The van der Waals surface area contributed by atoms with Gasteiger partial charge in [0, 0.05) is 17.1 Å². The second-order valence-corrected chi connectivity index (χ2v) is 6.98. The lowest BCUT2D eigenvalue weighted by molar-refractivity contribution is 0.216. The summed E-state index contributed by atoms with van der Waals surface area (Å²) < 4.78 is 0. The molecule has 106 valence electrons. The van der Waals surface area contributed by atoms with Gasteiger partial charge in [0.1, 0.15) is 0 Å². The Kier molecular flexibility index (Phi) is 3.66. The molecule has 5 nitrogen and oxygen atoms in total. The van der Waals surface area contributed by atoms with Gasteiger partial charge in [0.2, 0.25) is 16.5 Å².